The molecule has 2 unspecified atom stereocenters. The van der Waals surface area contributed by atoms with E-state index in [0.717, 1.165) is 41.1 Å². The highest BCUT2D eigenvalue weighted by molar-refractivity contribution is 7.79. The van der Waals surface area contributed by atoms with Crippen LogP contribution in [0.25, 0.3) is 0 Å². The van der Waals surface area contributed by atoms with Gasteiger partial charge in [0.25, 0.3) is 0 Å². The number of fused-ring (bicyclic) bond motifs is 1. The van der Waals surface area contributed by atoms with Gasteiger partial charge in [-0.05, 0) is 73.0 Å². The molecule has 1 aromatic heterocycles. The Morgan fingerprint density at radius 2 is 1.63 bits per heavy atom. The lowest BCUT2D eigenvalue weighted by atomic mass is 9.72. The molecule has 0 fully saturated rings. The van der Waals surface area contributed by atoms with Crippen LogP contribution in [0.15, 0.2) is 24.3 Å². The molecule has 0 aliphatic heterocycles. The van der Waals surface area contributed by atoms with Crippen molar-refractivity contribution in [2.45, 2.75) is 112 Å². The third-order valence-electron chi connectivity index (χ3n) is 7.81. The molecule has 0 saturated heterocycles. The summed E-state index contributed by atoms with van der Waals surface area (Å²) in [6.45, 7) is 17.6. The molecular formula is C33H52F3NO3S. The number of ether oxygens (including phenoxy) is 1. The van der Waals surface area contributed by atoms with E-state index in [-0.39, 0.29) is 11.3 Å². The zero-order chi connectivity index (χ0) is 31.8. The van der Waals surface area contributed by atoms with Crippen LogP contribution in [-0.2, 0) is 17.3 Å². The van der Waals surface area contributed by atoms with Crippen molar-refractivity contribution >= 4 is 12.6 Å². The lowest BCUT2D eigenvalue weighted by molar-refractivity contribution is -0.137. The number of aromatic nitrogens is 1. The highest BCUT2D eigenvalue weighted by atomic mass is 32.1. The third-order valence-corrected chi connectivity index (χ3v) is 7.81. The Labute approximate surface area is 251 Å². The highest BCUT2D eigenvalue weighted by Gasteiger charge is 2.37. The Kier molecular flexibility index (Phi) is 14.4. The molecule has 3 atom stereocenters. The van der Waals surface area contributed by atoms with Crippen LogP contribution in [0.1, 0.15) is 131 Å². The lowest BCUT2D eigenvalue weighted by Crippen LogP contribution is -2.29. The molecule has 0 saturated carbocycles. The van der Waals surface area contributed by atoms with Crippen LogP contribution in [0.5, 0.6) is 0 Å². The summed E-state index contributed by atoms with van der Waals surface area (Å²) in [5.41, 5.74) is 3.69. The van der Waals surface area contributed by atoms with Gasteiger partial charge in [-0.25, -0.2) is 0 Å². The van der Waals surface area contributed by atoms with Gasteiger partial charge in [0.1, 0.15) is 6.10 Å². The molecule has 1 aliphatic carbocycles. The summed E-state index contributed by atoms with van der Waals surface area (Å²) in [5, 5.41) is 22.3. The molecule has 234 valence electrons. The fourth-order valence-electron chi connectivity index (χ4n) is 5.02. The summed E-state index contributed by atoms with van der Waals surface area (Å²) < 4.78 is 44.4. The Balaban J connectivity index is 0.000000931. The number of rotatable bonds is 7. The molecule has 2 N–H and O–H groups in total. The molecule has 1 aromatic carbocycles. The Bertz CT molecular complexity index is 1080. The summed E-state index contributed by atoms with van der Waals surface area (Å²) in [4.78, 5) is 4.99. The number of hydrogen-bond acceptors (Lipinski definition) is 5. The van der Waals surface area contributed by atoms with Gasteiger partial charge in [0.2, 0.25) is 0 Å². The van der Waals surface area contributed by atoms with E-state index >= 15 is 0 Å². The number of aliphatic hydroxyl groups excluding tert-OH is 2. The Morgan fingerprint density at radius 3 is 2.07 bits per heavy atom. The number of nitrogens with zero attached hydrogens (tertiary/aromatic N) is 1. The number of halogens is 3. The topological polar surface area (TPSA) is 62.6 Å². The number of alkyl halides is 3. The number of benzene rings is 1. The average Bonchev–Trinajstić information content (AvgIpc) is 2.88. The lowest BCUT2D eigenvalue weighted by Gasteiger charge is -2.37. The van der Waals surface area contributed by atoms with Crippen molar-refractivity contribution in [3.8, 4) is 0 Å². The van der Waals surface area contributed by atoms with E-state index in [0.29, 0.717) is 42.4 Å². The van der Waals surface area contributed by atoms with E-state index < -0.39 is 23.9 Å². The maximum atomic E-state index is 13.0. The molecule has 0 radical (unpaired) electrons. The van der Waals surface area contributed by atoms with Crippen molar-refractivity contribution in [3.63, 3.8) is 0 Å². The SMILES string of the molecule is CCC(C)(C)C.CCC(CCOC)c1nc2c(c(C)c1[C@@H](O)c1ccc(C(F)(F)F)cc1)C(O)CC(C)(C)C2.CS. The second-order valence-electron chi connectivity index (χ2n) is 12.8. The maximum absolute atomic E-state index is 13.0. The minimum absolute atomic E-state index is 0.00947. The van der Waals surface area contributed by atoms with Crippen LogP contribution in [0.2, 0.25) is 0 Å². The van der Waals surface area contributed by atoms with E-state index in [1.807, 2.05) is 13.8 Å². The van der Waals surface area contributed by atoms with Crippen molar-refractivity contribution in [2.75, 3.05) is 20.0 Å². The molecule has 4 nitrogen and oxygen atoms in total. The van der Waals surface area contributed by atoms with Gasteiger partial charge in [-0.2, -0.15) is 25.8 Å². The van der Waals surface area contributed by atoms with Crippen LogP contribution in [0.4, 0.5) is 13.2 Å². The fourth-order valence-corrected chi connectivity index (χ4v) is 5.02. The standard InChI is InChI=1S/C26H34F3NO3.C6H14.CH4S/c1-6-16(11-12-33-5)23-22(24(32)17-7-9-18(10-8-17)26(27,28)29)15(2)21-19(30-23)13-25(3,4)14-20(21)31;1-5-6(2,3)4;1-2/h7-10,16,20,24,31-32H,6,11-14H2,1-5H3;5H2,1-4H3;2H,1H3/t16?,20?,24-;;/m0../s1. The van der Waals surface area contributed by atoms with Crippen LogP contribution in [0.3, 0.4) is 0 Å². The van der Waals surface area contributed by atoms with Gasteiger partial charge < -0.3 is 14.9 Å². The molecule has 1 aliphatic rings. The van der Waals surface area contributed by atoms with Crippen molar-refractivity contribution in [1.29, 1.82) is 0 Å². The summed E-state index contributed by atoms with van der Waals surface area (Å²) in [7, 11) is 1.63. The zero-order valence-electron chi connectivity index (χ0n) is 26.6. The quantitative estimate of drug-likeness (QED) is 0.278. The van der Waals surface area contributed by atoms with E-state index in [4.69, 9.17) is 9.72 Å². The molecule has 0 spiro atoms. The van der Waals surface area contributed by atoms with Gasteiger partial charge in [0.05, 0.1) is 17.4 Å². The first kappa shape index (κ1) is 37.4. The number of hydrogen-bond donors (Lipinski definition) is 3. The predicted molar refractivity (Wildman–Crippen MR) is 166 cm³/mol. The maximum Gasteiger partial charge on any atom is 0.416 e. The van der Waals surface area contributed by atoms with Gasteiger partial charge in [-0.1, -0.05) is 67.0 Å². The average molecular weight is 600 g/mol. The van der Waals surface area contributed by atoms with Crippen molar-refractivity contribution in [1.82, 2.24) is 4.98 Å². The Morgan fingerprint density at radius 1 is 1.10 bits per heavy atom. The van der Waals surface area contributed by atoms with E-state index in [9.17, 15) is 23.4 Å². The monoisotopic (exact) mass is 599 g/mol. The largest absolute Gasteiger partial charge is 0.416 e. The normalized spacial score (nSPS) is 17.8. The zero-order valence-corrected chi connectivity index (χ0v) is 27.5. The second kappa shape index (κ2) is 15.7. The minimum atomic E-state index is -4.44. The van der Waals surface area contributed by atoms with E-state index in [1.165, 1.54) is 18.6 Å². The number of thiol groups is 1. The fraction of sp³-hybridized carbons (Fsp3) is 0.667. The summed E-state index contributed by atoms with van der Waals surface area (Å²) in [6.07, 6.45) is -0.565. The third kappa shape index (κ3) is 10.6. The first-order valence-corrected chi connectivity index (χ1v) is 15.3. The molecule has 0 bridgehead atoms. The van der Waals surface area contributed by atoms with Gasteiger partial charge in [-0.3, -0.25) is 4.98 Å². The molecular weight excluding hydrogens is 547 g/mol. The summed E-state index contributed by atoms with van der Waals surface area (Å²) in [6, 6.07) is 4.59. The molecule has 1 heterocycles. The van der Waals surface area contributed by atoms with Crippen LogP contribution < -0.4 is 0 Å². The highest BCUT2D eigenvalue weighted by Crippen LogP contribution is 2.45. The van der Waals surface area contributed by atoms with Crippen LogP contribution in [-0.4, -0.2) is 35.2 Å². The Hall–Kier alpha value is -1.61. The number of methoxy groups -OCH3 is 1. The van der Waals surface area contributed by atoms with Crippen molar-refractivity contribution in [3.05, 3.63) is 63.5 Å². The summed E-state index contributed by atoms with van der Waals surface area (Å²) >= 11 is 3.53. The molecule has 8 heteroatoms. The molecule has 0 amide bonds. The first-order chi connectivity index (χ1) is 19.0. The van der Waals surface area contributed by atoms with Crippen LogP contribution >= 0.6 is 12.6 Å². The summed E-state index contributed by atoms with van der Waals surface area (Å²) in [5.74, 6) is 0.00947. The minimum Gasteiger partial charge on any atom is -0.388 e. The molecule has 3 rings (SSSR count). The van der Waals surface area contributed by atoms with Gasteiger partial charge in [0, 0.05) is 36.5 Å². The van der Waals surface area contributed by atoms with Gasteiger partial charge in [0.15, 0.2) is 0 Å². The smallest absolute Gasteiger partial charge is 0.388 e. The molecule has 2 aromatic rings. The van der Waals surface area contributed by atoms with E-state index in [2.05, 4.69) is 54.2 Å². The first-order valence-electron chi connectivity index (χ1n) is 14.5. The number of aliphatic hydroxyl groups is 2. The van der Waals surface area contributed by atoms with Gasteiger partial charge >= 0.3 is 6.18 Å². The predicted octanol–water partition coefficient (Wildman–Crippen LogP) is 9.01. The van der Waals surface area contributed by atoms with Crippen molar-refractivity contribution in [2.24, 2.45) is 10.8 Å². The number of pyridine rings is 1. The van der Waals surface area contributed by atoms with Crippen LogP contribution in [0, 0.1) is 17.8 Å². The second-order valence-corrected chi connectivity index (χ2v) is 12.8. The van der Waals surface area contributed by atoms with E-state index in [1.54, 1.807) is 13.4 Å². The molecule has 41 heavy (non-hydrogen) atoms. The van der Waals surface area contributed by atoms with Gasteiger partial charge in [-0.15, -0.1) is 0 Å². The van der Waals surface area contributed by atoms with Crippen molar-refractivity contribution < 1.29 is 28.1 Å².